The summed E-state index contributed by atoms with van der Waals surface area (Å²) in [6, 6.07) is 5.74. The van der Waals surface area contributed by atoms with Gasteiger partial charge in [-0.25, -0.2) is 4.79 Å². The first kappa shape index (κ1) is 12.4. The summed E-state index contributed by atoms with van der Waals surface area (Å²) in [5.41, 5.74) is 2.51. The Hall–Kier alpha value is -2.04. The minimum atomic E-state index is -0.347. The van der Waals surface area contributed by atoms with Crippen molar-refractivity contribution in [3.8, 4) is 0 Å². The highest BCUT2D eigenvalue weighted by molar-refractivity contribution is 5.73. The van der Waals surface area contributed by atoms with Gasteiger partial charge in [-0.15, -0.1) is 0 Å². The van der Waals surface area contributed by atoms with Crippen LogP contribution in [0.1, 0.15) is 18.9 Å². The number of oxazole rings is 1. The zero-order valence-electron chi connectivity index (χ0n) is 10.5. The van der Waals surface area contributed by atoms with Crippen LogP contribution >= 0.6 is 0 Å². The maximum Gasteiger partial charge on any atom is 0.419 e. The van der Waals surface area contributed by atoms with E-state index in [-0.39, 0.29) is 11.7 Å². The van der Waals surface area contributed by atoms with Crippen molar-refractivity contribution < 1.29 is 9.21 Å². The number of benzene rings is 1. The van der Waals surface area contributed by atoms with Gasteiger partial charge in [-0.3, -0.25) is 9.36 Å². The summed E-state index contributed by atoms with van der Waals surface area (Å²) in [5, 5.41) is 2.75. The molecule has 0 aliphatic rings. The van der Waals surface area contributed by atoms with Crippen molar-refractivity contribution in [3.63, 3.8) is 0 Å². The molecule has 2 aromatic rings. The summed E-state index contributed by atoms with van der Waals surface area (Å²) in [4.78, 5) is 22.0. The molecule has 0 fully saturated rings. The molecule has 1 amide bonds. The Bertz CT molecular complexity index is 625. The molecule has 0 saturated heterocycles. The Morgan fingerprint density at radius 3 is 2.94 bits per heavy atom. The molecule has 5 heteroatoms. The van der Waals surface area contributed by atoms with Crippen molar-refractivity contribution in [1.29, 1.82) is 0 Å². The van der Waals surface area contributed by atoms with E-state index in [2.05, 4.69) is 5.32 Å². The largest absolute Gasteiger partial charge is 0.419 e. The number of carbonyl (C=O) groups excluding carboxylic acids is 1. The maximum atomic E-state index is 11.3. The van der Waals surface area contributed by atoms with Crippen LogP contribution in [0.5, 0.6) is 0 Å². The maximum absolute atomic E-state index is 11.3. The van der Waals surface area contributed by atoms with Crippen LogP contribution < -0.4 is 11.1 Å². The van der Waals surface area contributed by atoms with Gasteiger partial charge < -0.3 is 9.73 Å². The Labute approximate surface area is 104 Å². The van der Waals surface area contributed by atoms with Crippen molar-refractivity contribution >= 4 is 17.0 Å². The van der Waals surface area contributed by atoms with E-state index >= 15 is 0 Å². The molecule has 1 heterocycles. The molecule has 0 spiro atoms. The van der Waals surface area contributed by atoms with Crippen LogP contribution in [0.25, 0.3) is 11.1 Å². The number of carbonyl (C=O) groups is 1. The van der Waals surface area contributed by atoms with Crippen LogP contribution in [-0.2, 0) is 18.3 Å². The standard InChI is InChI=1S/C13H16N2O3/c1-9(16)14-7-3-4-10-5-6-11-12(8-10)18-13(17)15(11)2/h5-6,8H,3-4,7H2,1-2H3,(H,14,16). The van der Waals surface area contributed by atoms with Gasteiger partial charge in [0.2, 0.25) is 5.91 Å². The molecule has 0 atom stereocenters. The number of rotatable bonds is 4. The van der Waals surface area contributed by atoms with Crippen molar-refractivity contribution in [3.05, 3.63) is 34.3 Å². The summed E-state index contributed by atoms with van der Waals surface area (Å²) < 4.78 is 6.60. The quantitative estimate of drug-likeness (QED) is 0.827. The highest BCUT2D eigenvalue weighted by Crippen LogP contribution is 2.15. The molecule has 96 valence electrons. The van der Waals surface area contributed by atoms with Gasteiger partial charge >= 0.3 is 5.76 Å². The van der Waals surface area contributed by atoms with Gasteiger partial charge in [0.05, 0.1) is 5.52 Å². The Morgan fingerprint density at radius 1 is 1.44 bits per heavy atom. The van der Waals surface area contributed by atoms with Gasteiger partial charge in [0.25, 0.3) is 0 Å². The average Bonchev–Trinajstić information content (AvgIpc) is 2.60. The second-order valence-electron chi connectivity index (χ2n) is 4.32. The second-order valence-corrected chi connectivity index (χ2v) is 4.32. The van der Waals surface area contributed by atoms with Crippen LogP contribution in [0.2, 0.25) is 0 Å². The normalized spacial score (nSPS) is 10.8. The first-order chi connectivity index (χ1) is 8.58. The lowest BCUT2D eigenvalue weighted by Crippen LogP contribution is -2.21. The highest BCUT2D eigenvalue weighted by Gasteiger charge is 2.06. The lowest BCUT2D eigenvalue weighted by molar-refractivity contribution is -0.118. The topological polar surface area (TPSA) is 64.2 Å². The molecule has 5 nitrogen and oxygen atoms in total. The lowest BCUT2D eigenvalue weighted by Gasteiger charge is -2.02. The molecule has 0 bridgehead atoms. The van der Waals surface area contributed by atoms with Gasteiger partial charge in [0.15, 0.2) is 5.58 Å². The third kappa shape index (κ3) is 2.61. The molecular formula is C13H16N2O3. The number of aryl methyl sites for hydroxylation is 2. The minimum Gasteiger partial charge on any atom is -0.408 e. The predicted molar refractivity (Wildman–Crippen MR) is 68.5 cm³/mol. The van der Waals surface area contributed by atoms with Crippen LogP contribution in [0.15, 0.2) is 27.4 Å². The first-order valence-electron chi connectivity index (χ1n) is 5.91. The highest BCUT2D eigenvalue weighted by atomic mass is 16.4. The summed E-state index contributed by atoms with van der Waals surface area (Å²) in [6.07, 6.45) is 1.71. The van der Waals surface area contributed by atoms with Crippen LogP contribution in [0.4, 0.5) is 0 Å². The van der Waals surface area contributed by atoms with E-state index in [0.29, 0.717) is 12.1 Å². The fourth-order valence-corrected chi connectivity index (χ4v) is 1.89. The summed E-state index contributed by atoms with van der Waals surface area (Å²) >= 11 is 0. The molecule has 0 aliphatic carbocycles. The van der Waals surface area contributed by atoms with Gasteiger partial charge in [-0.05, 0) is 30.5 Å². The lowest BCUT2D eigenvalue weighted by atomic mass is 10.1. The Balaban J connectivity index is 2.06. The third-order valence-corrected chi connectivity index (χ3v) is 2.87. The summed E-state index contributed by atoms with van der Waals surface area (Å²) in [6.45, 7) is 2.16. The Kier molecular flexibility index (Phi) is 3.50. The fourth-order valence-electron chi connectivity index (χ4n) is 1.89. The monoisotopic (exact) mass is 248 g/mol. The Morgan fingerprint density at radius 2 is 2.22 bits per heavy atom. The van der Waals surface area contributed by atoms with E-state index in [4.69, 9.17) is 4.42 Å². The zero-order chi connectivity index (χ0) is 13.1. The number of nitrogens with one attached hydrogen (secondary N) is 1. The first-order valence-corrected chi connectivity index (χ1v) is 5.91. The van der Waals surface area contributed by atoms with Crippen LogP contribution in [0.3, 0.4) is 0 Å². The number of fused-ring (bicyclic) bond motifs is 1. The number of amides is 1. The molecule has 18 heavy (non-hydrogen) atoms. The summed E-state index contributed by atoms with van der Waals surface area (Å²) in [7, 11) is 1.69. The molecule has 0 aliphatic heterocycles. The van der Waals surface area contributed by atoms with E-state index < -0.39 is 0 Å². The SMILES string of the molecule is CC(=O)NCCCc1ccc2c(c1)oc(=O)n2C. The molecule has 1 aromatic carbocycles. The molecular weight excluding hydrogens is 232 g/mol. The van der Waals surface area contributed by atoms with Gasteiger partial charge in [0, 0.05) is 20.5 Å². The third-order valence-electron chi connectivity index (χ3n) is 2.87. The molecule has 0 saturated carbocycles. The smallest absolute Gasteiger partial charge is 0.408 e. The van der Waals surface area contributed by atoms with Gasteiger partial charge in [-0.2, -0.15) is 0 Å². The number of hydrogen-bond donors (Lipinski definition) is 1. The van der Waals surface area contributed by atoms with Crippen molar-refractivity contribution in [2.75, 3.05) is 6.54 Å². The number of hydrogen-bond acceptors (Lipinski definition) is 3. The van der Waals surface area contributed by atoms with E-state index in [1.54, 1.807) is 7.05 Å². The average molecular weight is 248 g/mol. The molecule has 1 N–H and O–H groups in total. The minimum absolute atomic E-state index is 0.0143. The molecule has 0 radical (unpaired) electrons. The fraction of sp³-hybridized carbons (Fsp3) is 0.385. The zero-order valence-corrected chi connectivity index (χ0v) is 10.5. The predicted octanol–water partition coefficient (Wildman–Crippen LogP) is 1.20. The van der Waals surface area contributed by atoms with Crippen molar-refractivity contribution in [2.45, 2.75) is 19.8 Å². The van der Waals surface area contributed by atoms with Crippen LogP contribution in [0, 0.1) is 0 Å². The van der Waals surface area contributed by atoms with Crippen LogP contribution in [-0.4, -0.2) is 17.0 Å². The van der Waals surface area contributed by atoms with E-state index in [1.807, 2.05) is 18.2 Å². The van der Waals surface area contributed by atoms with Crippen molar-refractivity contribution in [2.24, 2.45) is 7.05 Å². The van der Waals surface area contributed by atoms with E-state index in [0.717, 1.165) is 23.9 Å². The van der Waals surface area contributed by atoms with E-state index in [1.165, 1.54) is 11.5 Å². The van der Waals surface area contributed by atoms with Gasteiger partial charge in [-0.1, -0.05) is 6.07 Å². The molecule has 2 rings (SSSR count). The number of aromatic nitrogens is 1. The summed E-state index contributed by atoms with van der Waals surface area (Å²) in [5.74, 6) is -0.361. The number of nitrogens with zero attached hydrogens (tertiary/aromatic N) is 1. The van der Waals surface area contributed by atoms with Crippen molar-refractivity contribution in [1.82, 2.24) is 9.88 Å². The van der Waals surface area contributed by atoms with E-state index in [9.17, 15) is 9.59 Å². The molecule has 0 unspecified atom stereocenters. The van der Waals surface area contributed by atoms with Gasteiger partial charge in [0.1, 0.15) is 0 Å². The second kappa shape index (κ2) is 5.08. The molecule has 1 aromatic heterocycles.